The minimum absolute atomic E-state index is 0.0996. The van der Waals surface area contributed by atoms with E-state index in [1.807, 2.05) is 6.26 Å². The topological polar surface area (TPSA) is 39.4 Å². The van der Waals surface area contributed by atoms with Gasteiger partial charge in [-0.2, -0.15) is 0 Å². The van der Waals surface area contributed by atoms with Gasteiger partial charge in [0.15, 0.2) is 0 Å². The van der Waals surface area contributed by atoms with Gasteiger partial charge in [-0.1, -0.05) is 25.2 Å². The molecular formula is C17H20O3. The van der Waals surface area contributed by atoms with E-state index in [0.717, 1.165) is 29.7 Å². The highest BCUT2D eigenvalue weighted by Gasteiger charge is 2.41. The van der Waals surface area contributed by atoms with Gasteiger partial charge in [0.2, 0.25) is 0 Å². The van der Waals surface area contributed by atoms with Gasteiger partial charge in [0, 0.05) is 31.2 Å². The summed E-state index contributed by atoms with van der Waals surface area (Å²) in [5.41, 5.74) is 4.60. The molecule has 106 valence electrons. The second-order valence-electron chi connectivity index (χ2n) is 6.03. The van der Waals surface area contributed by atoms with Gasteiger partial charge >= 0.3 is 5.97 Å². The molecule has 1 aromatic rings. The van der Waals surface area contributed by atoms with Gasteiger partial charge in [0.25, 0.3) is 0 Å². The van der Waals surface area contributed by atoms with Crippen LogP contribution in [0.25, 0.3) is 5.57 Å². The second-order valence-corrected chi connectivity index (χ2v) is 6.03. The highest BCUT2D eigenvalue weighted by atomic mass is 16.5. The van der Waals surface area contributed by atoms with E-state index in [1.54, 1.807) is 0 Å². The molecular weight excluding hydrogens is 252 g/mol. The molecule has 0 fully saturated rings. The highest BCUT2D eigenvalue weighted by molar-refractivity contribution is 5.77. The van der Waals surface area contributed by atoms with Crippen molar-refractivity contribution >= 4 is 11.5 Å². The number of hydrogen-bond donors (Lipinski definition) is 0. The molecule has 0 aliphatic heterocycles. The Kier molecular flexibility index (Phi) is 3.08. The van der Waals surface area contributed by atoms with Crippen LogP contribution in [-0.2, 0) is 16.0 Å². The van der Waals surface area contributed by atoms with Gasteiger partial charge in [0.1, 0.15) is 11.9 Å². The zero-order valence-corrected chi connectivity index (χ0v) is 12.2. The van der Waals surface area contributed by atoms with Crippen molar-refractivity contribution < 1.29 is 13.9 Å². The molecule has 3 heteroatoms. The van der Waals surface area contributed by atoms with Crippen LogP contribution in [0.1, 0.15) is 37.2 Å². The van der Waals surface area contributed by atoms with Crippen LogP contribution in [0.15, 0.2) is 28.9 Å². The third-order valence-electron chi connectivity index (χ3n) is 4.36. The number of carbonyl (C=O) groups excluding carboxylic acids is 1. The Hall–Kier alpha value is -1.77. The average molecular weight is 272 g/mol. The molecule has 0 spiro atoms. The molecule has 2 aliphatic rings. The predicted octanol–water partition coefficient (Wildman–Crippen LogP) is 3.67. The van der Waals surface area contributed by atoms with Crippen molar-refractivity contribution in [2.24, 2.45) is 11.8 Å². The number of esters is 1. The number of fused-ring (bicyclic) bond motifs is 3. The second kappa shape index (κ2) is 4.65. The first-order valence-corrected chi connectivity index (χ1v) is 7.11. The van der Waals surface area contributed by atoms with Crippen LogP contribution in [0.2, 0.25) is 0 Å². The van der Waals surface area contributed by atoms with Crippen molar-refractivity contribution in [1.29, 1.82) is 0 Å². The lowest BCUT2D eigenvalue weighted by Gasteiger charge is -2.39. The van der Waals surface area contributed by atoms with E-state index >= 15 is 0 Å². The molecule has 0 saturated carbocycles. The Morgan fingerprint density at radius 1 is 1.45 bits per heavy atom. The van der Waals surface area contributed by atoms with Crippen molar-refractivity contribution in [2.45, 2.75) is 39.7 Å². The normalized spacial score (nSPS) is 28.4. The van der Waals surface area contributed by atoms with Crippen molar-refractivity contribution in [3.05, 3.63) is 41.4 Å². The van der Waals surface area contributed by atoms with E-state index in [1.165, 1.54) is 18.1 Å². The van der Waals surface area contributed by atoms with Crippen LogP contribution in [0.4, 0.5) is 0 Å². The quantitative estimate of drug-likeness (QED) is 0.732. The molecule has 0 aromatic carbocycles. The van der Waals surface area contributed by atoms with E-state index in [4.69, 9.17) is 9.15 Å². The summed E-state index contributed by atoms with van der Waals surface area (Å²) in [5.74, 6) is 1.48. The van der Waals surface area contributed by atoms with Crippen molar-refractivity contribution in [2.75, 3.05) is 0 Å². The van der Waals surface area contributed by atoms with Crippen LogP contribution >= 0.6 is 0 Å². The minimum atomic E-state index is -0.217. The first-order valence-electron chi connectivity index (χ1n) is 7.11. The number of ether oxygens (including phenoxy) is 1. The number of carbonyl (C=O) groups is 1. The van der Waals surface area contributed by atoms with Gasteiger partial charge in [-0.15, -0.1) is 0 Å². The standard InChI is InChI=1S/C17H20O3/c1-9-5-13-16(15(6-9)20-12(4)18)10(2)7-14-17(13)11(3)8-19-14/h5,8,10,15-16H,1,6-7H2,2-4H3. The summed E-state index contributed by atoms with van der Waals surface area (Å²) in [6.07, 6.45) is 5.50. The Labute approximate surface area is 119 Å². The predicted molar refractivity (Wildman–Crippen MR) is 77.1 cm³/mol. The Bertz CT molecular complexity index is 606. The minimum Gasteiger partial charge on any atom is -0.468 e. The van der Waals surface area contributed by atoms with Crippen LogP contribution < -0.4 is 0 Å². The summed E-state index contributed by atoms with van der Waals surface area (Å²) in [6, 6.07) is 0. The number of rotatable bonds is 1. The summed E-state index contributed by atoms with van der Waals surface area (Å²) < 4.78 is 11.2. The first-order chi connectivity index (χ1) is 9.47. The summed E-state index contributed by atoms with van der Waals surface area (Å²) in [4.78, 5) is 11.4. The zero-order valence-electron chi connectivity index (χ0n) is 12.2. The number of aryl methyl sites for hydroxylation is 1. The van der Waals surface area contributed by atoms with Gasteiger partial charge in [-0.25, -0.2) is 0 Å². The molecule has 0 bridgehead atoms. The Morgan fingerprint density at radius 2 is 2.20 bits per heavy atom. The molecule has 2 aliphatic carbocycles. The fourth-order valence-corrected chi connectivity index (χ4v) is 3.66. The fourth-order valence-electron chi connectivity index (χ4n) is 3.66. The summed E-state index contributed by atoms with van der Waals surface area (Å²) in [5, 5.41) is 0. The SMILES string of the molecule is C=C1C=C2c3c(C)coc3CC(C)C2C(OC(C)=O)C1. The maximum atomic E-state index is 11.4. The fraction of sp³-hybridized carbons (Fsp3) is 0.471. The lowest BCUT2D eigenvalue weighted by atomic mass is 9.68. The van der Waals surface area contributed by atoms with E-state index in [2.05, 4.69) is 26.5 Å². The van der Waals surface area contributed by atoms with Gasteiger partial charge in [-0.3, -0.25) is 4.79 Å². The van der Waals surface area contributed by atoms with Gasteiger partial charge < -0.3 is 9.15 Å². The third kappa shape index (κ3) is 2.01. The smallest absolute Gasteiger partial charge is 0.302 e. The summed E-state index contributed by atoms with van der Waals surface area (Å²) >= 11 is 0. The van der Waals surface area contributed by atoms with Crippen LogP contribution in [0, 0.1) is 18.8 Å². The molecule has 3 rings (SSSR count). The lowest BCUT2D eigenvalue weighted by Crippen LogP contribution is -2.37. The zero-order chi connectivity index (χ0) is 14.4. The highest BCUT2D eigenvalue weighted by Crippen LogP contribution is 2.47. The van der Waals surface area contributed by atoms with Crippen LogP contribution in [0.5, 0.6) is 0 Å². The molecule has 0 saturated heterocycles. The number of hydrogen-bond acceptors (Lipinski definition) is 3. The monoisotopic (exact) mass is 272 g/mol. The van der Waals surface area contributed by atoms with Gasteiger partial charge in [0.05, 0.1) is 6.26 Å². The summed E-state index contributed by atoms with van der Waals surface area (Å²) in [7, 11) is 0. The maximum absolute atomic E-state index is 11.4. The van der Waals surface area contributed by atoms with Gasteiger partial charge in [-0.05, 0) is 24.0 Å². The molecule has 3 unspecified atom stereocenters. The largest absolute Gasteiger partial charge is 0.468 e. The third-order valence-corrected chi connectivity index (χ3v) is 4.36. The Morgan fingerprint density at radius 3 is 2.90 bits per heavy atom. The molecule has 1 aromatic heterocycles. The first kappa shape index (κ1) is 13.2. The van der Waals surface area contributed by atoms with Crippen molar-refractivity contribution in [3.63, 3.8) is 0 Å². The average Bonchev–Trinajstić information content (AvgIpc) is 2.69. The van der Waals surface area contributed by atoms with Crippen molar-refractivity contribution in [3.8, 4) is 0 Å². The molecule has 3 atom stereocenters. The van der Waals surface area contributed by atoms with E-state index < -0.39 is 0 Å². The van der Waals surface area contributed by atoms with Crippen LogP contribution in [-0.4, -0.2) is 12.1 Å². The van der Waals surface area contributed by atoms with E-state index in [0.29, 0.717) is 5.92 Å². The van der Waals surface area contributed by atoms with E-state index in [-0.39, 0.29) is 18.0 Å². The maximum Gasteiger partial charge on any atom is 0.302 e. The van der Waals surface area contributed by atoms with E-state index in [9.17, 15) is 4.79 Å². The Balaban J connectivity index is 2.08. The molecule has 0 N–H and O–H groups in total. The summed E-state index contributed by atoms with van der Waals surface area (Å²) in [6.45, 7) is 9.81. The van der Waals surface area contributed by atoms with Crippen molar-refractivity contribution in [1.82, 2.24) is 0 Å². The molecule has 3 nitrogen and oxygen atoms in total. The van der Waals surface area contributed by atoms with Crippen LogP contribution in [0.3, 0.4) is 0 Å². The molecule has 0 radical (unpaired) electrons. The molecule has 0 amide bonds. The molecule has 20 heavy (non-hydrogen) atoms. The number of allylic oxidation sites excluding steroid dienone is 1. The number of furan rings is 1. The molecule has 1 heterocycles. The lowest BCUT2D eigenvalue weighted by molar-refractivity contribution is -0.148.